The zero-order valence-electron chi connectivity index (χ0n) is 22.2. The van der Waals surface area contributed by atoms with Crippen molar-refractivity contribution < 1.29 is 59.1 Å². The molecule has 12 nitrogen and oxygen atoms in total. The van der Waals surface area contributed by atoms with Gasteiger partial charge in [0.15, 0.2) is 29.3 Å². The minimum Gasteiger partial charge on any atom is -0.502 e. The van der Waals surface area contributed by atoms with Crippen molar-refractivity contribution in [3.63, 3.8) is 0 Å². The van der Waals surface area contributed by atoms with Crippen molar-refractivity contribution >= 4 is 0 Å². The largest absolute Gasteiger partial charge is 0.502 e. The summed E-state index contributed by atoms with van der Waals surface area (Å²) in [4.78, 5) is 0. The van der Waals surface area contributed by atoms with E-state index in [1.165, 1.54) is 28.4 Å². The highest BCUT2D eigenvalue weighted by Crippen LogP contribution is 2.54. The average Bonchev–Trinajstić information content (AvgIpc) is 2.94. The van der Waals surface area contributed by atoms with E-state index >= 15 is 0 Å². The molecule has 12 heteroatoms. The fourth-order valence-corrected chi connectivity index (χ4v) is 5.55. The van der Waals surface area contributed by atoms with Crippen molar-refractivity contribution in [3.8, 4) is 34.5 Å². The van der Waals surface area contributed by atoms with Crippen LogP contribution in [0.2, 0.25) is 0 Å². The number of benzene rings is 2. The quantitative estimate of drug-likeness (QED) is 0.254. The van der Waals surface area contributed by atoms with Crippen molar-refractivity contribution in [2.24, 2.45) is 11.8 Å². The van der Waals surface area contributed by atoms with E-state index < -0.39 is 36.4 Å². The van der Waals surface area contributed by atoms with Gasteiger partial charge in [0.25, 0.3) is 0 Å². The van der Waals surface area contributed by atoms with Crippen molar-refractivity contribution in [2.45, 2.75) is 36.9 Å². The molecule has 39 heavy (non-hydrogen) atoms. The van der Waals surface area contributed by atoms with E-state index in [2.05, 4.69) is 0 Å². The molecule has 0 radical (unpaired) electrons. The SMILES string of the molecule is COc1cc([C@@H]2c3c(cc(OC)c(O)c3OC)C[C@H](CO)[C@H]2CO[C@H]2OC[C@@H](O)[C@H](O)[C@H]2O)cc(OC)c1O. The molecule has 1 saturated heterocycles. The summed E-state index contributed by atoms with van der Waals surface area (Å²) in [6.07, 6.45) is -5.04. The second-order valence-corrected chi connectivity index (χ2v) is 9.68. The number of rotatable bonds is 9. The van der Waals surface area contributed by atoms with Gasteiger partial charge in [0.05, 0.1) is 41.7 Å². The number of phenols is 2. The highest BCUT2D eigenvalue weighted by atomic mass is 16.7. The molecule has 2 aliphatic rings. The molecular formula is C27H36O12. The molecule has 2 aromatic rings. The minimum atomic E-state index is -1.49. The van der Waals surface area contributed by atoms with Crippen LogP contribution in [0.15, 0.2) is 18.2 Å². The van der Waals surface area contributed by atoms with Crippen LogP contribution >= 0.6 is 0 Å². The summed E-state index contributed by atoms with van der Waals surface area (Å²) in [5.74, 6) is -1.16. The van der Waals surface area contributed by atoms with Crippen LogP contribution in [0.25, 0.3) is 0 Å². The molecule has 0 amide bonds. The molecule has 0 aromatic heterocycles. The number of aliphatic hydroxyl groups excluding tert-OH is 4. The molecule has 7 atom stereocenters. The molecule has 6 N–H and O–H groups in total. The predicted octanol–water partition coefficient (Wildman–Crippen LogP) is 0.500. The average molecular weight is 553 g/mol. The Morgan fingerprint density at radius 2 is 1.46 bits per heavy atom. The molecule has 2 aromatic carbocycles. The zero-order chi connectivity index (χ0) is 28.4. The van der Waals surface area contributed by atoms with E-state index in [4.69, 9.17) is 28.4 Å². The lowest BCUT2D eigenvalue weighted by molar-refractivity contribution is -0.274. The number of methoxy groups -OCH3 is 4. The van der Waals surface area contributed by atoms with Crippen molar-refractivity contribution in [3.05, 3.63) is 34.9 Å². The number of aliphatic hydroxyl groups is 4. The number of hydrogen-bond donors (Lipinski definition) is 6. The molecule has 1 heterocycles. The lowest BCUT2D eigenvalue weighted by Crippen LogP contribution is -2.54. The zero-order valence-corrected chi connectivity index (χ0v) is 22.2. The van der Waals surface area contributed by atoms with Gasteiger partial charge >= 0.3 is 0 Å². The van der Waals surface area contributed by atoms with Crippen LogP contribution in [0.5, 0.6) is 34.5 Å². The second kappa shape index (κ2) is 12.0. The van der Waals surface area contributed by atoms with E-state index in [1.54, 1.807) is 18.2 Å². The molecule has 1 aliphatic carbocycles. The van der Waals surface area contributed by atoms with E-state index in [0.717, 1.165) is 5.56 Å². The molecule has 1 aliphatic heterocycles. The summed E-state index contributed by atoms with van der Waals surface area (Å²) in [7, 11) is 5.66. The minimum absolute atomic E-state index is 0.0542. The van der Waals surface area contributed by atoms with Crippen LogP contribution in [-0.4, -0.2) is 104 Å². The molecule has 0 saturated carbocycles. The molecule has 0 spiro atoms. The summed E-state index contributed by atoms with van der Waals surface area (Å²) in [5.41, 5.74) is 1.99. The van der Waals surface area contributed by atoms with Crippen LogP contribution in [0.4, 0.5) is 0 Å². The molecule has 216 valence electrons. The third-order valence-corrected chi connectivity index (χ3v) is 7.60. The maximum atomic E-state index is 11.0. The highest BCUT2D eigenvalue weighted by Gasteiger charge is 2.44. The molecule has 0 bridgehead atoms. The predicted molar refractivity (Wildman–Crippen MR) is 136 cm³/mol. The third kappa shape index (κ3) is 5.28. The van der Waals surface area contributed by atoms with E-state index in [9.17, 15) is 30.6 Å². The van der Waals surface area contributed by atoms with Crippen LogP contribution in [0, 0.1) is 11.8 Å². The van der Waals surface area contributed by atoms with Crippen molar-refractivity contribution in [1.82, 2.24) is 0 Å². The summed E-state index contributed by atoms with van der Waals surface area (Å²) < 4.78 is 33.2. The smallest absolute Gasteiger partial charge is 0.201 e. The lowest BCUT2D eigenvalue weighted by Gasteiger charge is -2.42. The number of phenolic OH excluding ortho intramolecular Hbond substituents is 2. The van der Waals surface area contributed by atoms with Crippen LogP contribution < -0.4 is 18.9 Å². The summed E-state index contributed by atoms with van der Waals surface area (Å²) in [6, 6.07) is 4.96. The maximum Gasteiger partial charge on any atom is 0.201 e. The Morgan fingerprint density at radius 1 is 0.846 bits per heavy atom. The maximum absolute atomic E-state index is 11.0. The summed E-state index contributed by atoms with van der Waals surface area (Å²) in [5, 5.41) is 62.3. The van der Waals surface area contributed by atoms with Crippen molar-refractivity contribution in [1.29, 1.82) is 0 Å². The fourth-order valence-electron chi connectivity index (χ4n) is 5.55. The van der Waals surface area contributed by atoms with E-state index in [1.807, 2.05) is 0 Å². The van der Waals surface area contributed by atoms with Gasteiger partial charge in [-0.05, 0) is 47.6 Å². The monoisotopic (exact) mass is 552 g/mol. The number of hydrogen-bond acceptors (Lipinski definition) is 12. The Hall–Kier alpha value is -3.00. The normalized spacial score (nSPS) is 28.5. The Bertz CT molecular complexity index is 1130. The van der Waals surface area contributed by atoms with Gasteiger partial charge in [-0.3, -0.25) is 0 Å². The van der Waals surface area contributed by atoms with Gasteiger partial charge in [0.1, 0.15) is 18.3 Å². The Labute approximate surface area is 225 Å². The van der Waals surface area contributed by atoms with E-state index in [0.29, 0.717) is 17.5 Å². The Morgan fingerprint density at radius 3 is 2.03 bits per heavy atom. The van der Waals surface area contributed by atoms with Gasteiger partial charge in [-0.2, -0.15) is 0 Å². The Balaban J connectivity index is 1.86. The number of aromatic hydroxyl groups is 2. The van der Waals surface area contributed by atoms with Crippen LogP contribution in [-0.2, 0) is 15.9 Å². The number of fused-ring (bicyclic) bond motifs is 1. The topological polar surface area (TPSA) is 177 Å². The number of ether oxygens (including phenoxy) is 6. The highest BCUT2D eigenvalue weighted by molar-refractivity contribution is 5.64. The van der Waals surface area contributed by atoms with Crippen LogP contribution in [0.1, 0.15) is 22.6 Å². The second-order valence-electron chi connectivity index (χ2n) is 9.68. The fraction of sp³-hybridized carbons (Fsp3) is 0.556. The molecular weight excluding hydrogens is 516 g/mol. The van der Waals surface area contributed by atoms with Gasteiger partial charge in [0.2, 0.25) is 11.5 Å². The van der Waals surface area contributed by atoms with E-state index in [-0.39, 0.29) is 60.2 Å². The molecule has 1 fully saturated rings. The summed E-state index contributed by atoms with van der Waals surface area (Å²) in [6.45, 7) is -0.504. The van der Waals surface area contributed by atoms with Gasteiger partial charge in [-0.1, -0.05) is 0 Å². The Kier molecular flexibility index (Phi) is 8.94. The first-order valence-electron chi connectivity index (χ1n) is 12.5. The van der Waals surface area contributed by atoms with Gasteiger partial charge in [-0.25, -0.2) is 0 Å². The van der Waals surface area contributed by atoms with Crippen molar-refractivity contribution in [2.75, 3.05) is 48.3 Å². The summed E-state index contributed by atoms with van der Waals surface area (Å²) >= 11 is 0. The first kappa shape index (κ1) is 29.0. The van der Waals surface area contributed by atoms with Gasteiger partial charge in [-0.15, -0.1) is 0 Å². The molecule has 0 unspecified atom stereocenters. The molecule has 4 rings (SSSR count). The van der Waals surface area contributed by atoms with Gasteiger partial charge < -0.3 is 59.1 Å². The standard InChI is InChI=1S/C27H36O12/c1-34-17-7-13(8-18(35-2)23(17)31)20-15(10-38-27-25(33)22(30)16(29)11-39-27)14(9-28)5-12-6-19(36-3)24(32)26(37-4)21(12)20/h6-8,14-16,20,22,25,27-33H,5,9-11H2,1-4H3/t14-,15-,16-,20+,22+,25-,27+/m1/s1. The van der Waals surface area contributed by atoms with Gasteiger partial charge in [0, 0.05) is 18.1 Å². The first-order chi connectivity index (χ1) is 18.7. The first-order valence-corrected chi connectivity index (χ1v) is 12.5. The lowest BCUT2D eigenvalue weighted by atomic mass is 9.66. The van der Waals surface area contributed by atoms with Crippen LogP contribution in [0.3, 0.4) is 0 Å². The third-order valence-electron chi connectivity index (χ3n) is 7.60.